The summed E-state index contributed by atoms with van der Waals surface area (Å²) in [7, 11) is 0. The lowest BCUT2D eigenvalue weighted by Gasteiger charge is -2.19. The van der Waals surface area contributed by atoms with Crippen LogP contribution in [-0.4, -0.2) is 12.7 Å². The molecule has 0 radical (unpaired) electrons. The Kier molecular flexibility index (Phi) is 7.37. The minimum Gasteiger partial charge on any atom is -0.490 e. The molecule has 0 bridgehead atoms. The van der Waals surface area contributed by atoms with Gasteiger partial charge in [-0.25, -0.2) is 0 Å². The van der Waals surface area contributed by atoms with E-state index in [1.54, 1.807) is 0 Å². The third-order valence-electron chi connectivity index (χ3n) is 3.63. The van der Waals surface area contributed by atoms with Crippen LogP contribution >= 0.6 is 22.6 Å². The Labute approximate surface area is 158 Å². The van der Waals surface area contributed by atoms with Gasteiger partial charge in [-0.3, -0.25) is 0 Å². The first-order valence-corrected chi connectivity index (χ1v) is 9.49. The lowest BCUT2D eigenvalue weighted by Crippen LogP contribution is -2.18. The zero-order valence-electron chi connectivity index (χ0n) is 14.8. The number of nitrogens with one attached hydrogen (secondary N) is 1. The highest BCUT2D eigenvalue weighted by Crippen LogP contribution is 2.35. The van der Waals surface area contributed by atoms with Crippen LogP contribution in [0.2, 0.25) is 0 Å². The highest BCUT2D eigenvalue weighted by atomic mass is 127. The average Bonchev–Trinajstić information content (AvgIpc) is 2.56. The van der Waals surface area contributed by atoms with Gasteiger partial charge in [0.1, 0.15) is 0 Å². The largest absolute Gasteiger partial charge is 0.490 e. The molecule has 0 amide bonds. The molecule has 0 spiro atoms. The van der Waals surface area contributed by atoms with E-state index in [0.717, 1.165) is 21.6 Å². The molecule has 0 aliphatic heterocycles. The van der Waals surface area contributed by atoms with Crippen LogP contribution in [0.3, 0.4) is 0 Å². The molecule has 0 aliphatic carbocycles. The summed E-state index contributed by atoms with van der Waals surface area (Å²) in [6.07, 6.45) is 0.125. The van der Waals surface area contributed by atoms with Gasteiger partial charge in [-0.2, -0.15) is 0 Å². The quantitative estimate of drug-likeness (QED) is 0.565. The van der Waals surface area contributed by atoms with E-state index in [1.807, 2.05) is 26.8 Å². The maximum atomic E-state index is 5.93. The summed E-state index contributed by atoms with van der Waals surface area (Å²) in [6, 6.07) is 15.0. The molecule has 1 atom stereocenters. The molecular weight excluding hydrogens is 413 g/mol. The minimum absolute atomic E-state index is 0.125. The van der Waals surface area contributed by atoms with Gasteiger partial charge in [-0.05, 0) is 73.5 Å². The van der Waals surface area contributed by atoms with Crippen LogP contribution in [0.1, 0.15) is 44.9 Å². The number of benzene rings is 2. The van der Waals surface area contributed by atoms with Gasteiger partial charge in [0.05, 0.1) is 16.3 Å². The van der Waals surface area contributed by atoms with Crippen LogP contribution in [0.5, 0.6) is 11.5 Å². The Morgan fingerprint density at radius 3 is 2.42 bits per heavy atom. The fraction of sp³-hybridized carbons (Fsp3) is 0.400. The molecule has 4 heteroatoms. The monoisotopic (exact) mass is 439 g/mol. The molecular formula is C20H26INO2. The molecule has 0 aromatic heterocycles. The molecule has 130 valence electrons. The maximum Gasteiger partial charge on any atom is 0.174 e. The van der Waals surface area contributed by atoms with E-state index in [0.29, 0.717) is 12.6 Å². The second-order valence-corrected chi connectivity index (χ2v) is 7.18. The number of halogens is 1. The second-order valence-electron chi connectivity index (χ2n) is 6.02. The molecule has 0 heterocycles. The Hall–Kier alpha value is -1.27. The average molecular weight is 439 g/mol. The first-order valence-electron chi connectivity index (χ1n) is 8.41. The van der Waals surface area contributed by atoms with E-state index in [1.165, 1.54) is 11.1 Å². The summed E-state index contributed by atoms with van der Waals surface area (Å²) >= 11 is 2.32. The summed E-state index contributed by atoms with van der Waals surface area (Å²) in [4.78, 5) is 0. The van der Waals surface area contributed by atoms with Gasteiger partial charge in [-0.1, -0.05) is 30.3 Å². The van der Waals surface area contributed by atoms with Gasteiger partial charge in [0, 0.05) is 12.6 Å². The van der Waals surface area contributed by atoms with E-state index in [-0.39, 0.29) is 6.10 Å². The van der Waals surface area contributed by atoms with Crippen molar-refractivity contribution in [3.05, 3.63) is 57.2 Å². The van der Waals surface area contributed by atoms with Crippen molar-refractivity contribution in [2.75, 3.05) is 6.61 Å². The third-order valence-corrected chi connectivity index (χ3v) is 4.44. The first kappa shape index (κ1) is 19.1. The molecule has 0 saturated heterocycles. The Bertz CT molecular complexity index is 644. The van der Waals surface area contributed by atoms with Gasteiger partial charge in [0.2, 0.25) is 0 Å². The first-order chi connectivity index (χ1) is 11.5. The Balaban J connectivity index is 2.12. The summed E-state index contributed by atoms with van der Waals surface area (Å²) < 4.78 is 12.8. The van der Waals surface area contributed by atoms with Gasteiger partial charge < -0.3 is 14.8 Å². The van der Waals surface area contributed by atoms with Gasteiger partial charge >= 0.3 is 0 Å². The van der Waals surface area contributed by atoms with Crippen LogP contribution in [-0.2, 0) is 6.54 Å². The molecule has 0 aliphatic rings. The van der Waals surface area contributed by atoms with Crippen molar-refractivity contribution < 1.29 is 9.47 Å². The molecule has 0 saturated carbocycles. The highest BCUT2D eigenvalue weighted by molar-refractivity contribution is 14.1. The molecule has 2 rings (SSSR count). The summed E-state index contributed by atoms with van der Waals surface area (Å²) in [5.74, 6) is 1.66. The van der Waals surface area contributed by atoms with Crippen molar-refractivity contribution in [1.29, 1.82) is 0 Å². The molecule has 24 heavy (non-hydrogen) atoms. The normalized spacial score (nSPS) is 12.2. The SMILES string of the molecule is CCOc1cc(CN[C@@H](C)c2ccccc2)cc(I)c1OC(C)C. The van der Waals surface area contributed by atoms with Crippen molar-refractivity contribution in [2.45, 2.75) is 46.4 Å². The Morgan fingerprint density at radius 1 is 1.08 bits per heavy atom. The topological polar surface area (TPSA) is 30.5 Å². The minimum atomic E-state index is 0.125. The fourth-order valence-corrected chi connectivity index (χ4v) is 3.26. The van der Waals surface area contributed by atoms with Gasteiger partial charge in [-0.15, -0.1) is 0 Å². The number of hydrogen-bond acceptors (Lipinski definition) is 3. The van der Waals surface area contributed by atoms with E-state index in [4.69, 9.17) is 9.47 Å². The third kappa shape index (κ3) is 5.38. The highest BCUT2D eigenvalue weighted by Gasteiger charge is 2.14. The van der Waals surface area contributed by atoms with Gasteiger partial charge in [0.15, 0.2) is 11.5 Å². The van der Waals surface area contributed by atoms with Crippen molar-refractivity contribution in [3.8, 4) is 11.5 Å². The van der Waals surface area contributed by atoms with Crippen LogP contribution in [0.15, 0.2) is 42.5 Å². The predicted molar refractivity (Wildman–Crippen MR) is 108 cm³/mol. The summed E-state index contributed by atoms with van der Waals surface area (Å²) in [5.41, 5.74) is 2.48. The molecule has 3 nitrogen and oxygen atoms in total. The molecule has 0 unspecified atom stereocenters. The molecule has 0 fully saturated rings. The molecule has 2 aromatic rings. The van der Waals surface area contributed by atoms with Crippen LogP contribution < -0.4 is 14.8 Å². The van der Waals surface area contributed by atoms with Gasteiger partial charge in [0.25, 0.3) is 0 Å². The fourth-order valence-electron chi connectivity index (χ4n) is 2.47. The molecule has 2 aromatic carbocycles. The van der Waals surface area contributed by atoms with Crippen LogP contribution in [0.4, 0.5) is 0 Å². The van der Waals surface area contributed by atoms with Crippen molar-refractivity contribution in [3.63, 3.8) is 0 Å². The van der Waals surface area contributed by atoms with E-state index < -0.39 is 0 Å². The number of hydrogen-bond donors (Lipinski definition) is 1. The Morgan fingerprint density at radius 2 is 1.79 bits per heavy atom. The van der Waals surface area contributed by atoms with E-state index >= 15 is 0 Å². The second kappa shape index (κ2) is 9.28. The van der Waals surface area contributed by atoms with Crippen LogP contribution in [0.25, 0.3) is 0 Å². The number of rotatable bonds is 8. The maximum absolute atomic E-state index is 5.93. The zero-order chi connectivity index (χ0) is 17.5. The smallest absolute Gasteiger partial charge is 0.174 e. The molecule has 1 N–H and O–H groups in total. The standard InChI is InChI=1S/C20H26INO2/c1-5-23-19-12-16(11-18(21)20(19)24-14(2)3)13-22-15(4)17-9-7-6-8-10-17/h6-12,14-15,22H,5,13H2,1-4H3/t15-/m0/s1. The van der Waals surface area contributed by atoms with Crippen molar-refractivity contribution >= 4 is 22.6 Å². The summed E-state index contributed by atoms with van der Waals surface area (Å²) in [6.45, 7) is 9.65. The number of ether oxygens (including phenoxy) is 2. The van der Waals surface area contributed by atoms with Crippen LogP contribution in [0, 0.1) is 3.57 Å². The van der Waals surface area contributed by atoms with E-state index in [2.05, 4.69) is 71.2 Å². The van der Waals surface area contributed by atoms with Crippen molar-refractivity contribution in [2.24, 2.45) is 0 Å². The van der Waals surface area contributed by atoms with E-state index in [9.17, 15) is 0 Å². The predicted octanol–water partition coefficient (Wildman–Crippen LogP) is 5.33. The lowest BCUT2D eigenvalue weighted by molar-refractivity contribution is 0.222. The zero-order valence-corrected chi connectivity index (χ0v) is 17.0. The summed E-state index contributed by atoms with van der Waals surface area (Å²) in [5, 5.41) is 3.57. The van der Waals surface area contributed by atoms with Crippen molar-refractivity contribution in [1.82, 2.24) is 5.32 Å². The lowest BCUT2D eigenvalue weighted by atomic mass is 10.1.